The first-order valence-corrected chi connectivity index (χ1v) is 3.39. The zero-order valence-electron chi connectivity index (χ0n) is 6.78. The van der Waals surface area contributed by atoms with Gasteiger partial charge in [0.05, 0.1) is 0 Å². The minimum absolute atomic E-state index is 0.878. The molecule has 0 saturated heterocycles. The molecule has 0 atom stereocenters. The lowest BCUT2D eigenvalue weighted by molar-refractivity contribution is 1.27. The molecule has 0 bridgehead atoms. The van der Waals surface area contributed by atoms with Gasteiger partial charge in [-0.2, -0.15) is 0 Å². The third kappa shape index (κ3) is 3.09. The van der Waals surface area contributed by atoms with Gasteiger partial charge in [0.25, 0.3) is 0 Å². The molecule has 0 aliphatic carbocycles. The quantitative estimate of drug-likeness (QED) is 0.421. The molecule has 0 amide bonds. The normalized spacial score (nSPS) is 11.1. The van der Waals surface area contributed by atoms with E-state index in [1.54, 1.807) is 0 Å². The van der Waals surface area contributed by atoms with Crippen LogP contribution in [-0.4, -0.2) is 6.21 Å². The fraction of sp³-hybridized carbons (Fsp3) is 0.444. The Labute approximate surface area is 62.7 Å². The fourth-order valence-electron chi connectivity index (χ4n) is 0.428. The van der Waals surface area contributed by atoms with E-state index >= 15 is 0 Å². The van der Waals surface area contributed by atoms with Gasteiger partial charge >= 0.3 is 0 Å². The van der Waals surface area contributed by atoms with Gasteiger partial charge in [0.15, 0.2) is 0 Å². The number of nitrogens with one attached hydrogen (secondary N) is 1. The van der Waals surface area contributed by atoms with Crippen LogP contribution in [0.15, 0.2) is 11.1 Å². The van der Waals surface area contributed by atoms with E-state index in [-0.39, 0.29) is 0 Å². The van der Waals surface area contributed by atoms with Crippen LogP contribution in [-0.2, 0) is 0 Å². The molecule has 0 fully saturated rings. The van der Waals surface area contributed by atoms with Crippen molar-refractivity contribution in [3.05, 3.63) is 11.1 Å². The summed E-state index contributed by atoms with van der Waals surface area (Å²) in [5.41, 5.74) is 1.94. The first-order chi connectivity index (χ1) is 4.72. The number of hydrogen-bond donors (Lipinski definition) is 1. The van der Waals surface area contributed by atoms with Crippen LogP contribution >= 0.6 is 0 Å². The third-order valence-electron chi connectivity index (χ3n) is 1.26. The second kappa shape index (κ2) is 4.81. The molecule has 1 N–H and O–H groups in total. The summed E-state index contributed by atoms with van der Waals surface area (Å²) in [7, 11) is 0. The molecule has 0 aromatic heterocycles. The average Bonchev–Trinajstić information content (AvgIpc) is 1.98. The summed E-state index contributed by atoms with van der Waals surface area (Å²) in [4.78, 5) is 0. The molecule has 0 heterocycles. The molecule has 0 aromatic carbocycles. The molecule has 0 rings (SSSR count). The maximum atomic E-state index is 6.92. The Kier molecular flexibility index (Phi) is 4.32. The topological polar surface area (TPSA) is 23.9 Å². The first kappa shape index (κ1) is 8.97. The summed E-state index contributed by atoms with van der Waals surface area (Å²) in [6.45, 7) is 5.84. The first-order valence-electron chi connectivity index (χ1n) is 3.39. The van der Waals surface area contributed by atoms with Crippen LogP contribution in [0.1, 0.15) is 27.2 Å². The highest BCUT2D eigenvalue weighted by molar-refractivity contribution is 5.77. The van der Waals surface area contributed by atoms with Crippen molar-refractivity contribution < 1.29 is 0 Å². The fourth-order valence-corrected chi connectivity index (χ4v) is 0.428. The molecular formula is C9H13N. The molecule has 1 heteroatoms. The average molecular weight is 135 g/mol. The lowest BCUT2D eigenvalue weighted by Gasteiger charge is -1.90. The van der Waals surface area contributed by atoms with Crippen LogP contribution in [0, 0.1) is 17.3 Å². The van der Waals surface area contributed by atoms with E-state index < -0.39 is 0 Å². The van der Waals surface area contributed by atoms with Gasteiger partial charge in [-0.3, -0.25) is 0 Å². The summed E-state index contributed by atoms with van der Waals surface area (Å²) < 4.78 is 0. The van der Waals surface area contributed by atoms with Crippen molar-refractivity contribution in [3.8, 4) is 11.8 Å². The van der Waals surface area contributed by atoms with Crippen molar-refractivity contribution in [1.82, 2.24) is 0 Å². The van der Waals surface area contributed by atoms with Crippen molar-refractivity contribution in [3.63, 3.8) is 0 Å². The predicted octanol–water partition coefficient (Wildman–Crippen LogP) is 2.39. The van der Waals surface area contributed by atoms with Crippen LogP contribution in [0.3, 0.4) is 0 Å². The van der Waals surface area contributed by atoms with Gasteiger partial charge in [-0.1, -0.05) is 18.8 Å². The molecule has 0 aromatic rings. The molecule has 54 valence electrons. The molecule has 0 spiro atoms. The molecule has 0 unspecified atom stereocenters. The Bertz CT molecular complexity index is 201. The summed E-state index contributed by atoms with van der Waals surface area (Å²) in [5, 5.41) is 6.92. The number of allylic oxidation sites excluding steroid dienone is 2. The van der Waals surface area contributed by atoms with Gasteiger partial charge in [0, 0.05) is 18.2 Å². The predicted molar refractivity (Wildman–Crippen MR) is 45.2 cm³/mol. The van der Waals surface area contributed by atoms with Crippen molar-refractivity contribution in [2.24, 2.45) is 0 Å². The number of hydrogen-bond acceptors (Lipinski definition) is 1. The van der Waals surface area contributed by atoms with E-state index in [0.717, 1.165) is 17.6 Å². The van der Waals surface area contributed by atoms with Crippen molar-refractivity contribution in [2.75, 3.05) is 0 Å². The maximum absolute atomic E-state index is 6.92. The second-order valence-corrected chi connectivity index (χ2v) is 2.11. The zero-order chi connectivity index (χ0) is 7.98. The van der Waals surface area contributed by atoms with E-state index in [4.69, 9.17) is 5.41 Å². The minimum Gasteiger partial charge on any atom is -0.308 e. The lowest BCUT2D eigenvalue weighted by atomic mass is 10.2. The standard InChI is InChI=1S/C9H13N/c1-4-5-6-8(2)9(3)7-10/h7,10H,4H2,1-3H3/b9-8+,10-7?. The molecule has 0 aliphatic heterocycles. The largest absolute Gasteiger partial charge is 0.308 e. The summed E-state index contributed by atoms with van der Waals surface area (Å²) in [6.07, 6.45) is 2.21. The van der Waals surface area contributed by atoms with Gasteiger partial charge in [0.1, 0.15) is 0 Å². The Morgan fingerprint density at radius 3 is 2.50 bits per heavy atom. The minimum atomic E-state index is 0.878. The summed E-state index contributed by atoms with van der Waals surface area (Å²) in [5.74, 6) is 5.91. The van der Waals surface area contributed by atoms with Crippen molar-refractivity contribution in [2.45, 2.75) is 27.2 Å². The zero-order valence-corrected chi connectivity index (χ0v) is 6.78. The molecule has 0 aliphatic rings. The summed E-state index contributed by atoms with van der Waals surface area (Å²) >= 11 is 0. The molecule has 1 nitrogen and oxygen atoms in total. The Morgan fingerprint density at radius 2 is 2.10 bits per heavy atom. The molecule has 0 saturated carbocycles. The van der Waals surface area contributed by atoms with Crippen LogP contribution in [0.2, 0.25) is 0 Å². The van der Waals surface area contributed by atoms with E-state index in [0.29, 0.717) is 0 Å². The molecule has 10 heavy (non-hydrogen) atoms. The SMILES string of the molecule is CCC#C/C(C)=C(\C)C=N. The van der Waals surface area contributed by atoms with Crippen LogP contribution in [0.25, 0.3) is 0 Å². The van der Waals surface area contributed by atoms with Crippen LogP contribution in [0.5, 0.6) is 0 Å². The Morgan fingerprint density at radius 1 is 1.50 bits per heavy atom. The number of rotatable bonds is 1. The molecular weight excluding hydrogens is 122 g/mol. The van der Waals surface area contributed by atoms with Crippen LogP contribution in [0.4, 0.5) is 0 Å². The summed E-state index contributed by atoms with van der Waals surface area (Å²) in [6, 6.07) is 0. The maximum Gasteiger partial charge on any atom is 0.0216 e. The van der Waals surface area contributed by atoms with Crippen molar-refractivity contribution >= 4 is 6.21 Å². The van der Waals surface area contributed by atoms with Crippen LogP contribution < -0.4 is 0 Å². The van der Waals surface area contributed by atoms with Gasteiger partial charge in [-0.15, -0.1) is 0 Å². The second-order valence-electron chi connectivity index (χ2n) is 2.11. The van der Waals surface area contributed by atoms with Gasteiger partial charge in [-0.05, 0) is 19.4 Å². The van der Waals surface area contributed by atoms with E-state index in [2.05, 4.69) is 11.8 Å². The van der Waals surface area contributed by atoms with Gasteiger partial charge < -0.3 is 5.41 Å². The highest BCUT2D eigenvalue weighted by atomic mass is 14.3. The third-order valence-corrected chi connectivity index (χ3v) is 1.26. The molecule has 0 radical (unpaired) electrons. The monoisotopic (exact) mass is 135 g/mol. The Hall–Kier alpha value is -1.03. The van der Waals surface area contributed by atoms with Gasteiger partial charge in [-0.25, -0.2) is 0 Å². The smallest absolute Gasteiger partial charge is 0.0216 e. The van der Waals surface area contributed by atoms with Gasteiger partial charge in [0.2, 0.25) is 0 Å². The highest BCUT2D eigenvalue weighted by Gasteiger charge is 1.85. The highest BCUT2D eigenvalue weighted by Crippen LogP contribution is 1.97. The van der Waals surface area contributed by atoms with E-state index in [1.165, 1.54) is 6.21 Å². The van der Waals surface area contributed by atoms with E-state index in [1.807, 2.05) is 20.8 Å². The lowest BCUT2D eigenvalue weighted by Crippen LogP contribution is -1.80. The Balaban J connectivity index is 4.32. The van der Waals surface area contributed by atoms with E-state index in [9.17, 15) is 0 Å². The van der Waals surface area contributed by atoms with Crippen molar-refractivity contribution in [1.29, 1.82) is 5.41 Å².